The summed E-state index contributed by atoms with van der Waals surface area (Å²) in [6.45, 7) is 0.252. The number of hydrogen-bond acceptors (Lipinski definition) is 6. The summed E-state index contributed by atoms with van der Waals surface area (Å²) in [7, 11) is 1.63. The zero-order valence-electron chi connectivity index (χ0n) is 13.6. The van der Waals surface area contributed by atoms with Gasteiger partial charge in [-0.1, -0.05) is 17.4 Å². The van der Waals surface area contributed by atoms with Crippen LogP contribution in [0.3, 0.4) is 0 Å². The van der Waals surface area contributed by atoms with Crippen molar-refractivity contribution in [2.45, 2.75) is 12.8 Å². The molecule has 2 aromatic carbocycles. The molecule has 0 saturated heterocycles. The molecular formula is C18H16N2O4S. The summed E-state index contributed by atoms with van der Waals surface area (Å²) in [5.74, 6) is 2.19. The van der Waals surface area contributed by atoms with E-state index in [0.717, 1.165) is 33.0 Å². The second-order valence-electron chi connectivity index (χ2n) is 5.59. The number of aromatic nitrogens is 1. The lowest BCUT2D eigenvalue weighted by Gasteiger charge is -2.03. The molecule has 25 heavy (non-hydrogen) atoms. The average molecular weight is 356 g/mol. The Hall–Kier alpha value is -2.80. The number of ether oxygens (including phenoxy) is 3. The molecule has 0 aliphatic carbocycles. The lowest BCUT2D eigenvalue weighted by Crippen LogP contribution is -2.12. The fourth-order valence-corrected chi connectivity index (χ4v) is 3.53. The van der Waals surface area contributed by atoms with Gasteiger partial charge in [-0.15, -0.1) is 0 Å². The summed E-state index contributed by atoms with van der Waals surface area (Å²) in [6, 6.07) is 11.4. The molecule has 7 heteroatoms. The van der Waals surface area contributed by atoms with Crippen LogP contribution in [0.1, 0.15) is 12.0 Å². The Morgan fingerprint density at radius 1 is 1.24 bits per heavy atom. The van der Waals surface area contributed by atoms with Gasteiger partial charge in [-0.3, -0.25) is 4.79 Å². The highest BCUT2D eigenvalue weighted by atomic mass is 32.1. The van der Waals surface area contributed by atoms with E-state index in [1.165, 1.54) is 11.3 Å². The first-order chi connectivity index (χ1) is 12.2. The molecule has 0 unspecified atom stereocenters. The first-order valence-electron chi connectivity index (χ1n) is 7.84. The van der Waals surface area contributed by atoms with Gasteiger partial charge in [0.15, 0.2) is 16.6 Å². The number of benzene rings is 2. The number of methoxy groups -OCH3 is 1. The first-order valence-corrected chi connectivity index (χ1v) is 8.66. The minimum atomic E-state index is -0.0660. The Balaban J connectivity index is 1.38. The third-order valence-corrected chi connectivity index (χ3v) is 4.85. The van der Waals surface area contributed by atoms with Crippen molar-refractivity contribution >= 4 is 32.6 Å². The maximum absolute atomic E-state index is 12.2. The molecule has 0 fully saturated rings. The normalized spacial score (nSPS) is 12.4. The van der Waals surface area contributed by atoms with Crippen molar-refractivity contribution in [3.8, 4) is 17.2 Å². The summed E-state index contributed by atoms with van der Waals surface area (Å²) in [4.78, 5) is 16.6. The predicted octanol–water partition coefficient (Wildman–Crippen LogP) is 3.60. The molecule has 128 valence electrons. The molecule has 1 N–H and O–H groups in total. The van der Waals surface area contributed by atoms with E-state index in [4.69, 9.17) is 14.2 Å². The van der Waals surface area contributed by atoms with E-state index in [9.17, 15) is 4.79 Å². The van der Waals surface area contributed by atoms with Gasteiger partial charge in [0.1, 0.15) is 5.75 Å². The Morgan fingerprint density at radius 3 is 3.00 bits per heavy atom. The molecule has 2 heterocycles. The first kappa shape index (κ1) is 15.7. The lowest BCUT2D eigenvalue weighted by molar-refractivity contribution is -0.116. The van der Waals surface area contributed by atoms with E-state index in [1.54, 1.807) is 7.11 Å². The van der Waals surface area contributed by atoms with Gasteiger partial charge < -0.3 is 19.5 Å². The van der Waals surface area contributed by atoms with E-state index in [2.05, 4.69) is 10.3 Å². The largest absolute Gasteiger partial charge is 0.497 e. The van der Waals surface area contributed by atoms with Crippen molar-refractivity contribution in [2.75, 3.05) is 19.2 Å². The van der Waals surface area contributed by atoms with Gasteiger partial charge in [0.05, 0.1) is 17.3 Å². The van der Waals surface area contributed by atoms with Crippen LogP contribution in [-0.2, 0) is 11.2 Å². The molecule has 0 spiro atoms. The average Bonchev–Trinajstić information content (AvgIpc) is 3.24. The lowest BCUT2D eigenvalue weighted by atomic mass is 10.1. The van der Waals surface area contributed by atoms with E-state index >= 15 is 0 Å². The van der Waals surface area contributed by atoms with Crippen LogP contribution in [0.2, 0.25) is 0 Å². The number of amides is 1. The fourth-order valence-electron chi connectivity index (χ4n) is 2.62. The van der Waals surface area contributed by atoms with Gasteiger partial charge >= 0.3 is 0 Å². The number of anilines is 1. The van der Waals surface area contributed by atoms with Crippen LogP contribution in [0, 0.1) is 0 Å². The molecular weight excluding hydrogens is 340 g/mol. The molecule has 1 aliphatic rings. The molecule has 3 aromatic rings. The number of rotatable bonds is 5. The molecule has 1 aliphatic heterocycles. The Kier molecular flexibility index (Phi) is 4.15. The zero-order valence-corrected chi connectivity index (χ0v) is 14.4. The minimum absolute atomic E-state index is 0.0660. The molecule has 6 nitrogen and oxygen atoms in total. The molecule has 0 atom stereocenters. The molecule has 0 saturated carbocycles. The van der Waals surface area contributed by atoms with Crippen LogP contribution < -0.4 is 19.5 Å². The third-order valence-electron chi connectivity index (χ3n) is 3.92. The van der Waals surface area contributed by atoms with Crippen LogP contribution >= 0.6 is 11.3 Å². The summed E-state index contributed by atoms with van der Waals surface area (Å²) in [5, 5.41) is 3.46. The van der Waals surface area contributed by atoms with Gasteiger partial charge in [0.2, 0.25) is 12.7 Å². The summed E-state index contributed by atoms with van der Waals surface area (Å²) < 4.78 is 16.8. The van der Waals surface area contributed by atoms with Crippen molar-refractivity contribution in [2.24, 2.45) is 0 Å². The van der Waals surface area contributed by atoms with Gasteiger partial charge in [-0.25, -0.2) is 4.98 Å². The zero-order chi connectivity index (χ0) is 17.2. The van der Waals surface area contributed by atoms with Crippen LogP contribution in [0.4, 0.5) is 5.13 Å². The Bertz CT molecular complexity index is 938. The standard InChI is InChI=1S/C18H16N2O4S/c1-22-12-4-5-13-16(9-12)25-18(19-13)20-17(21)7-3-11-2-6-14-15(8-11)24-10-23-14/h2,4-6,8-9H,3,7,10H2,1H3,(H,19,20,21). The van der Waals surface area contributed by atoms with Crippen molar-refractivity contribution < 1.29 is 19.0 Å². The maximum atomic E-state index is 12.2. The number of aryl methyl sites for hydroxylation is 1. The summed E-state index contributed by atoms with van der Waals surface area (Å²) in [5.41, 5.74) is 1.88. The number of fused-ring (bicyclic) bond motifs is 2. The van der Waals surface area contributed by atoms with Crippen LogP contribution in [0.25, 0.3) is 10.2 Å². The topological polar surface area (TPSA) is 69.7 Å². The van der Waals surface area contributed by atoms with Crippen LogP contribution in [-0.4, -0.2) is 24.8 Å². The maximum Gasteiger partial charge on any atom is 0.231 e. The summed E-state index contributed by atoms with van der Waals surface area (Å²) in [6.07, 6.45) is 1.00. The number of carbonyl (C=O) groups excluding carboxylic acids is 1. The van der Waals surface area contributed by atoms with E-state index in [1.807, 2.05) is 36.4 Å². The monoisotopic (exact) mass is 356 g/mol. The van der Waals surface area contributed by atoms with Crippen LogP contribution in [0.5, 0.6) is 17.2 Å². The predicted molar refractivity (Wildman–Crippen MR) is 95.7 cm³/mol. The molecule has 4 rings (SSSR count). The van der Waals surface area contributed by atoms with Crippen molar-refractivity contribution in [1.82, 2.24) is 4.98 Å². The minimum Gasteiger partial charge on any atom is -0.497 e. The molecule has 1 aromatic heterocycles. The van der Waals surface area contributed by atoms with Crippen molar-refractivity contribution in [3.05, 3.63) is 42.0 Å². The number of thiazole rings is 1. The fraction of sp³-hybridized carbons (Fsp3) is 0.222. The second kappa shape index (κ2) is 6.60. The number of carbonyl (C=O) groups is 1. The van der Waals surface area contributed by atoms with Crippen molar-refractivity contribution in [1.29, 1.82) is 0 Å². The molecule has 0 bridgehead atoms. The number of hydrogen-bond donors (Lipinski definition) is 1. The quantitative estimate of drug-likeness (QED) is 0.756. The highest BCUT2D eigenvalue weighted by molar-refractivity contribution is 7.22. The van der Waals surface area contributed by atoms with Crippen LogP contribution in [0.15, 0.2) is 36.4 Å². The smallest absolute Gasteiger partial charge is 0.231 e. The van der Waals surface area contributed by atoms with Crippen molar-refractivity contribution in [3.63, 3.8) is 0 Å². The molecule has 0 radical (unpaired) electrons. The Morgan fingerprint density at radius 2 is 2.12 bits per heavy atom. The van der Waals surface area contributed by atoms with Gasteiger partial charge in [0, 0.05) is 6.42 Å². The highest BCUT2D eigenvalue weighted by Gasteiger charge is 2.14. The van der Waals surface area contributed by atoms with E-state index < -0.39 is 0 Å². The Labute approximate surface area is 148 Å². The van der Waals surface area contributed by atoms with E-state index in [0.29, 0.717) is 18.0 Å². The second-order valence-corrected chi connectivity index (χ2v) is 6.62. The van der Waals surface area contributed by atoms with Gasteiger partial charge in [-0.05, 0) is 42.3 Å². The third kappa shape index (κ3) is 3.36. The molecule has 1 amide bonds. The summed E-state index contributed by atoms with van der Waals surface area (Å²) >= 11 is 1.43. The number of nitrogens with zero attached hydrogens (tertiary/aromatic N) is 1. The van der Waals surface area contributed by atoms with Gasteiger partial charge in [-0.2, -0.15) is 0 Å². The highest BCUT2D eigenvalue weighted by Crippen LogP contribution is 2.33. The number of nitrogens with one attached hydrogen (secondary N) is 1. The van der Waals surface area contributed by atoms with E-state index in [-0.39, 0.29) is 12.7 Å². The SMILES string of the molecule is COc1ccc2nc(NC(=O)CCc3ccc4c(c3)OCO4)sc2c1. The van der Waals surface area contributed by atoms with Gasteiger partial charge in [0.25, 0.3) is 0 Å².